The Morgan fingerprint density at radius 2 is 1.90 bits per heavy atom. The molecule has 3 rings (SSSR count). The average Bonchev–Trinajstić information content (AvgIpc) is 2.52. The Hall–Kier alpha value is -2.76. The van der Waals surface area contributed by atoms with E-state index in [-0.39, 0.29) is 0 Å². The maximum absolute atomic E-state index is 12.0. The molecule has 1 N–H and O–H groups in total. The largest absolute Gasteiger partial charge is 0.330 e. The molecule has 0 bridgehead atoms. The van der Waals surface area contributed by atoms with Gasteiger partial charge in [-0.15, -0.1) is 10.2 Å². The van der Waals surface area contributed by atoms with E-state index >= 15 is 0 Å². The normalized spacial score (nSPS) is 10.9. The number of nitrogens with zero attached hydrogens (tertiary/aromatic N) is 3. The zero-order valence-corrected chi connectivity index (χ0v) is 11.5. The smallest absolute Gasteiger partial charge is 0.276 e. The fraction of sp³-hybridized carbons (Fsp3) is 0.200. The van der Waals surface area contributed by atoms with Crippen molar-refractivity contribution in [1.29, 1.82) is 0 Å². The standard InChI is InChI=1S/C15H14N4O2/c1-2-8-19-13-11(14(20)16-15(19)21)9-12(17-18-13)10-6-4-3-5-7-10/h3-7,9H,2,8H2,1H3,(H,16,20,21). The lowest BCUT2D eigenvalue weighted by Gasteiger charge is -2.07. The predicted molar refractivity (Wildman–Crippen MR) is 80.1 cm³/mol. The first-order chi connectivity index (χ1) is 10.2. The minimum Gasteiger partial charge on any atom is -0.276 e. The summed E-state index contributed by atoms with van der Waals surface area (Å²) in [4.78, 5) is 26.2. The lowest BCUT2D eigenvalue weighted by Crippen LogP contribution is -2.31. The van der Waals surface area contributed by atoms with Crippen molar-refractivity contribution in [2.24, 2.45) is 0 Å². The predicted octanol–water partition coefficient (Wildman–Crippen LogP) is 1.56. The van der Waals surface area contributed by atoms with Crippen LogP contribution in [-0.2, 0) is 6.54 Å². The van der Waals surface area contributed by atoms with Crippen LogP contribution in [0.15, 0.2) is 46.0 Å². The van der Waals surface area contributed by atoms with Crippen LogP contribution in [0.25, 0.3) is 22.3 Å². The molecule has 6 nitrogen and oxygen atoms in total. The molecule has 2 heterocycles. The highest BCUT2D eigenvalue weighted by Crippen LogP contribution is 2.17. The number of aromatic nitrogens is 4. The van der Waals surface area contributed by atoms with Gasteiger partial charge in [-0.05, 0) is 12.5 Å². The number of rotatable bonds is 3. The van der Waals surface area contributed by atoms with Gasteiger partial charge < -0.3 is 0 Å². The molecule has 0 aliphatic heterocycles. The SMILES string of the molecule is CCCn1c(=O)[nH]c(=O)c2cc(-c3ccccc3)nnc21. The third kappa shape index (κ3) is 2.35. The first-order valence-corrected chi connectivity index (χ1v) is 6.76. The van der Waals surface area contributed by atoms with E-state index in [4.69, 9.17) is 0 Å². The van der Waals surface area contributed by atoms with Gasteiger partial charge in [0.15, 0.2) is 5.65 Å². The molecule has 0 saturated carbocycles. The molecule has 3 aromatic rings. The Kier molecular flexibility index (Phi) is 3.35. The maximum Gasteiger partial charge on any atom is 0.330 e. The Morgan fingerprint density at radius 1 is 1.14 bits per heavy atom. The zero-order valence-electron chi connectivity index (χ0n) is 11.5. The van der Waals surface area contributed by atoms with Crippen molar-refractivity contribution < 1.29 is 0 Å². The highest BCUT2D eigenvalue weighted by atomic mass is 16.2. The number of aromatic amines is 1. The number of hydrogen-bond acceptors (Lipinski definition) is 4. The van der Waals surface area contributed by atoms with Crippen LogP contribution in [0.3, 0.4) is 0 Å². The van der Waals surface area contributed by atoms with Crippen molar-refractivity contribution in [3.63, 3.8) is 0 Å². The van der Waals surface area contributed by atoms with E-state index in [1.54, 1.807) is 6.07 Å². The van der Waals surface area contributed by atoms with Gasteiger partial charge in [0, 0.05) is 12.1 Å². The van der Waals surface area contributed by atoms with Crippen molar-refractivity contribution >= 4 is 11.0 Å². The van der Waals surface area contributed by atoms with Gasteiger partial charge in [-0.3, -0.25) is 14.3 Å². The molecular weight excluding hydrogens is 268 g/mol. The van der Waals surface area contributed by atoms with Gasteiger partial charge in [-0.1, -0.05) is 37.3 Å². The summed E-state index contributed by atoms with van der Waals surface area (Å²) in [7, 11) is 0. The number of aryl methyl sites for hydroxylation is 1. The molecule has 21 heavy (non-hydrogen) atoms. The van der Waals surface area contributed by atoms with Crippen molar-refractivity contribution in [3.8, 4) is 11.3 Å². The molecule has 0 spiro atoms. The second-order valence-electron chi connectivity index (χ2n) is 4.74. The molecule has 0 aliphatic rings. The van der Waals surface area contributed by atoms with Gasteiger partial charge in [0.05, 0.1) is 11.1 Å². The molecule has 0 aliphatic carbocycles. The van der Waals surface area contributed by atoms with Crippen molar-refractivity contribution in [2.75, 3.05) is 0 Å². The second kappa shape index (κ2) is 5.32. The van der Waals surface area contributed by atoms with Gasteiger partial charge >= 0.3 is 5.69 Å². The van der Waals surface area contributed by atoms with Gasteiger partial charge in [0.25, 0.3) is 5.56 Å². The van der Waals surface area contributed by atoms with Crippen LogP contribution < -0.4 is 11.2 Å². The zero-order chi connectivity index (χ0) is 14.8. The lowest BCUT2D eigenvalue weighted by atomic mass is 10.1. The molecule has 0 fully saturated rings. The quantitative estimate of drug-likeness (QED) is 0.790. The lowest BCUT2D eigenvalue weighted by molar-refractivity contribution is 0.647. The number of H-pyrrole nitrogens is 1. The summed E-state index contributed by atoms with van der Waals surface area (Å²) in [5.41, 5.74) is 0.922. The molecule has 0 atom stereocenters. The highest BCUT2D eigenvalue weighted by Gasteiger charge is 2.10. The van der Waals surface area contributed by atoms with Crippen LogP contribution in [0.5, 0.6) is 0 Å². The average molecular weight is 282 g/mol. The van der Waals surface area contributed by atoms with E-state index in [2.05, 4.69) is 15.2 Å². The molecule has 106 valence electrons. The van der Waals surface area contributed by atoms with Crippen LogP contribution in [0.2, 0.25) is 0 Å². The minimum absolute atomic E-state index is 0.324. The Labute approximate surface area is 120 Å². The third-order valence-electron chi connectivity index (χ3n) is 3.26. The highest BCUT2D eigenvalue weighted by molar-refractivity contribution is 5.78. The van der Waals surface area contributed by atoms with Gasteiger partial charge in [-0.2, -0.15) is 0 Å². The number of nitrogens with one attached hydrogen (secondary N) is 1. The topological polar surface area (TPSA) is 80.6 Å². The number of benzene rings is 1. The Balaban J connectivity index is 2.28. The van der Waals surface area contributed by atoms with E-state index in [0.717, 1.165) is 12.0 Å². The molecule has 0 amide bonds. The van der Waals surface area contributed by atoms with E-state index < -0.39 is 11.2 Å². The van der Waals surface area contributed by atoms with E-state index in [0.29, 0.717) is 23.3 Å². The van der Waals surface area contributed by atoms with E-state index in [1.165, 1.54) is 4.57 Å². The summed E-state index contributed by atoms with van der Waals surface area (Å²) < 4.78 is 1.44. The first-order valence-electron chi connectivity index (χ1n) is 6.76. The molecular formula is C15H14N4O2. The van der Waals surface area contributed by atoms with E-state index in [9.17, 15) is 9.59 Å². The molecule has 6 heteroatoms. The monoisotopic (exact) mass is 282 g/mol. The summed E-state index contributed by atoms with van der Waals surface area (Å²) in [6.07, 6.45) is 0.767. The summed E-state index contributed by atoms with van der Waals surface area (Å²) in [5, 5.41) is 8.60. The van der Waals surface area contributed by atoms with Crippen LogP contribution >= 0.6 is 0 Å². The number of hydrogen-bond donors (Lipinski definition) is 1. The minimum atomic E-state index is -0.448. The van der Waals surface area contributed by atoms with E-state index in [1.807, 2.05) is 37.3 Å². The van der Waals surface area contributed by atoms with Crippen molar-refractivity contribution in [3.05, 3.63) is 57.2 Å². The Bertz CT molecular complexity index is 897. The van der Waals surface area contributed by atoms with Gasteiger partial charge in [-0.25, -0.2) is 4.79 Å². The van der Waals surface area contributed by atoms with Gasteiger partial charge in [0.2, 0.25) is 0 Å². The van der Waals surface area contributed by atoms with Crippen LogP contribution in [-0.4, -0.2) is 19.7 Å². The molecule has 0 unspecified atom stereocenters. The molecule has 0 saturated heterocycles. The fourth-order valence-electron chi connectivity index (χ4n) is 2.26. The van der Waals surface area contributed by atoms with Crippen LogP contribution in [0.1, 0.15) is 13.3 Å². The molecule has 1 aromatic carbocycles. The summed E-state index contributed by atoms with van der Waals surface area (Å²) in [6, 6.07) is 11.1. The fourth-order valence-corrected chi connectivity index (χ4v) is 2.26. The summed E-state index contributed by atoms with van der Waals surface area (Å²) in [5.74, 6) is 0. The molecule has 2 aromatic heterocycles. The second-order valence-corrected chi connectivity index (χ2v) is 4.74. The first kappa shape index (κ1) is 13.2. The summed E-state index contributed by atoms with van der Waals surface area (Å²) >= 11 is 0. The van der Waals surface area contributed by atoms with Crippen molar-refractivity contribution in [1.82, 2.24) is 19.7 Å². The van der Waals surface area contributed by atoms with Gasteiger partial charge in [0.1, 0.15) is 0 Å². The number of fused-ring (bicyclic) bond motifs is 1. The molecule has 0 radical (unpaired) electrons. The van der Waals surface area contributed by atoms with Crippen LogP contribution in [0, 0.1) is 0 Å². The van der Waals surface area contributed by atoms with Crippen molar-refractivity contribution in [2.45, 2.75) is 19.9 Å². The summed E-state index contributed by atoms with van der Waals surface area (Å²) in [6.45, 7) is 2.45. The third-order valence-corrected chi connectivity index (χ3v) is 3.26. The van der Waals surface area contributed by atoms with Crippen LogP contribution in [0.4, 0.5) is 0 Å². The Morgan fingerprint density at radius 3 is 2.62 bits per heavy atom. The maximum atomic E-state index is 12.0.